The number of rotatable bonds is 7. The summed E-state index contributed by atoms with van der Waals surface area (Å²) < 4.78 is 35.8. The third-order valence-corrected chi connectivity index (χ3v) is 2.43. The monoisotopic (exact) mass is 258 g/mol. The summed E-state index contributed by atoms with van der Waals surface area (Å²) in [6.07, 6.45) is -0.0157. The molecule has 1 rings (SSSR count). The average molecular weight is 258 g/mol. The van der Waals surface area contributed by atoms with Gasteiger partial charge in [-0.25, -0.2) is 8.78 Å². The molecule has 0 aromatic heterocycles. The number of Topliss-reactive ketones (excluding diaryl/α,β-unsaturated/α-hetero) is 1. The SMILES string of the molecule is COCCCOC(C)C(=O)c1ccc(F)c(F)c1. The highest BCUT2D eigenvalue weighted by Crippen LogP contribution is 2.12. The Morgan fingerprint density at radius 3 is 2.61 bits per heavy atom. The van der Waals surface area contributed by atoms with Crippen LogP contribution in [0.5, 0.6) is 0 Å². The summed E-state index contributed by atoms with van der Waals surface area (Å²) in [7, 11) is 1.58. The van der Waals surface area contributed by atoms with Gasteiger partial charge in [0.1, 0.15) is 6.10 Å². The Labute approximate surface area is 105 Å². The molecule has 0 N–H and O–H groups in total. The second kappa shape index (κ2) is 7.18. The van der Waals surface area contributed by atoms with Crippen LogP contribution < -0.4 is 0 Å². The molecule has 0 radical (unpaired) electrons. The third kappa shape index (κ3) is 4.16. The van der Waals surface area contributed by atoms with E-state index in [-0.39, 0.29) is 11.3 Å². The molecule has 0 aliphatic rings. The van der Waals surface area contributed by atoms with Crippen LogP contribution in [0.3, 0.4) is 0 Å². The van der Waals surface area contributed by atoms with Gasteiger partial charge in [-0.2, -0.15) is 0 Å². The van der Waals surface area contributed by atoms with Gasteiger partial charge in [0.15, 0.2) is 17.4 Å². The first-order chi connectivity index (χ1) is 8.56. The van der Waals surface area contributed by atoms with Crippen LogP contribution in [-0.4, -0.2) is 32.2 Å². The van der Waals surface area contributed by atoms with Gasteiger partial charge in [-0.1, -0.05) is 0 Å². The first-order valence-corrected chi connectivity index (χ1v) is 5.66. The van der Waals surface area contributed by atoms with Crippen molar-refractivity contribution in [2.45, 2.75) is 19.4 Å². The highest BCUT2D eigenvalue weighted by atomic mass is 19.2. The maximum atomic E-state index is 13.0. The molecule has 100 valence electrons. The summed E-state index contributed by atoms with van der Waals surface area (Å²) in [6, 6.07) is 3.06. The van der Waals surface area contributed by atoms with E-state index in [2.05, 4.69) is 0 Å². The van der Waals surface area contributed by atoms with Crippen molar-refractivity contribution in [1.82, 2.24) is 0 Å². The largest absolute Gasteiger partial charge is 0.385 e. The number of halogens is 2. The molecule has 1 aromatic carbocycles. The Hall–Kier alpha value is -1.33. The average Bonchev–Trinajstić information content (AvgIpc) is 2.37. The minimum atomic E-state index is -1.03. The summed E-state index contributed by atoms with van der Waals surface area (Å²) in [6.45, 7) is 2.51. The molecule has 5 heteroatoms. The van der Waals surface area contributed by atoms with Gasteiger partial charge in [-0.3, -0.25) is 4.79 Å². The molecule has 0 amide bonds. The summed E-state index contributed by atoms with van der Waals surface area (Å²) in [5.41, 5.74) is 0.105. The van der Waals surface area contributed by atoms with E-state index in [4.69, 9.17) is 9.47 Å². The Kier molecular flexibility index (Phi) is 5.88. The highest BCUT2D eigenvalue weighted by Gasteiger charge is 2.17. The van der Waals surface area contributed by atoms with E-state index in [1.165, 1.54) is 6.07 Å². The van der Waals surface area contributed by atoms with E-state index < -0.39 is 17.7 Å². The molecule has 0 spiro atoms. The normalized spacial score (nSPS) is 12.4. The number of carbonyl (C=O) groups excluding carboxylic acids is 1. The topological polar surface area (TPSA) is 35.5 Å². The van der Waals surface area contributed by atoms with Gasteiger partial charge in [0, 0.05) is 25.9 Å². The molecule has 0 fully saturated rings. The molecule has 0 saturated heterocycles. The number of ether oxygens (including phenoxy) is 2. The summed E-state index contributed by atoms with van der Waals surface area (Å²) in [5, 5.41) is 0. The standard InChI is InChI=1S/C13H16F2O3/c1-9(18-7-3-6-17-2)13(16)10-4-5-11(14)12(15)8-10/h4-5,8-9H,3,6-7H2,1-2H3. The molecule has 0 saturated carbocycles. The van der Waals surface area contributed by atoms with Crippen LogP contribution in [0.15, 0.2) is 18.2 Å². The lowest BCUT2D eigenvalue weighted by Crippen LogP contribution is -2.22. The number of carbonyl (C=O) groups is 1. The number of ketones is 1. The van der Waals surface area contributed by atoms with Crippen molar-refractivity contribution >= 4 is 5.78 Å². The summed E-state index contributed by atoms with van der Waals surface area (Å²) in [4.78, 5) is 11.8. The van der Waals surface area contributed by atoms with Crippen LogP contribution in [0.1, 0.15) is 23.7 Å². The quantitative estimate of drug-likeness (QED) is 0.557. The van der Waals surface area contributed by atoms with Crippen molar-refractivity contribution in [1.29, 1.82) is 0 Å². The van der Waals surface area contributed by atoms with Crippen LogP contribution in [0.25, 0.3) is 0 Å². The second-order valence-corrected chi connectivity index (χ2v) is 3.85. The van der Waals surface area contributed by atoms with Crippen molar-refractivity contribution in [2.24, 2.45) is 0 Å². The molecular weight excluding hydrogens is 242 g/mol. The molecule has 3 nitrogen and oxygen atoms in total. The minimum absolute atomic E-state index is 0.105. The van der Waals surface area contributed by atoms with Gasteiger partial charge in [0.05, 0.1) is 0 Å². The molecule has 1 atom stereocenters. The minimum Gasteiger partial charge on any atom is -0.385 e. The first kappa shape index (κ1) is 14.7. The van der Waals surface area contributed by atoms with E-state index in [1.807, 2.05) is 0 Å². The van der Waals surface area contributed by atoms with Crippen LogP contribution in [-0.2, 0) is 9.47 Å². The van der Waals surface area contributed by atoms with Crippen LogP contribution in [0, 0.1) is 11.6 Å². The second-order valence-electron chi connectivity index (χ2n) is 3.85. The third-order valence-electron chi connectivity index (χ3n) is 2.43. The number of hydrogen-bond acceptors (Lipinski definition) is 3. The molecule has 0 aliphatic heterocycles. The summed E-state index contributed by atoms with van der Waals surface area (Å²) >= 11 is 0. The Bertz CT molecular complexity index is 407. The van der Waals surface area contributed by atoms with Crippen molar-refractivity contribution in [3.05, 3.63) is 35.4 Å². The number of benzene rings is 1. The molecule has 0 heterocycles. The van der Waals surface area contributed by atoms with E-state index in [9.17, 15) is 13.6 Å². The van der Waals surface area contributed by atoms with Crippen molar-refractivity contribution in [3.63, 3.8) is 0 Å². The van der Waals surface area contributed by atoms with Crippen LogP contribution >= 0.6 is 0 Å². The zero-order chi connectivity index (χ0) is 13.5. The van der Waals surface area contributed by atoms with Crippen LogP contribution in [0.4, 0.5) is 8.78 Å². The summed E-state index contributed by atoms with van der Waals surface area (Å²) in [5.74, 6) is -2.38. The Morgan fingerprint density at radius 2 is 2.00 bits per heavy atom. The predicted molar refractivity (Wildman–Crippen MR) is 62.6 cm³/mol. The fourth-order valence-electron chi connectivity index (χ4n) is 1.42. The van der Waals surface area contributed by atoms with E-state index in [1.54, 1.807) is 14.0 Å². The van der Waals surface area contributed by atoms with Gasteiger partial charge in [0.25, 0.3) is 0 Å². The Morgan fingerprint density at radius 1 is 1.28 bits per heavy atom. The van der Waals surface area contributed by atoms with Gasteiger partial charge in [-0.05, 0) is 31.5 Å². The zero-order valence-corrected chi connectivity index (χ0v) is 10.4. The lowest BCUT2D eigenvalue weighted by atomic mass is 10.1. The van der Waals surface area contributed by atoms with Crippen molar-refractivity contribution in [3.8, 4) is 0 Å². The molecule has 1 unspecified atom stereocenters. The molecule has 18 heavy (non-hydrogen) atoms. The van der Waals surface area contributed by atoms with E-state index >= 15 is 0 Å². The molecule has 1 aromatic rings. The number of hydrogen-bond donors (Lipinski definition) is 0. The Balaban J connectivity index is 2.54. The lowest BCUT2D eigenvalue weighted by molar-refractivity contribution is 0.0404. The fraction of sp³-hybridized carbons (Fsp3) is 0.462. The zero-order valence-electron chi connectivity index (χ0n) is 10.4. The smallest absolute Gasteiger partial charge is 0.191 e. The van der Waals surface area contributed by atoms with E-state index in [0.717, 1.165) is 12.1 Å². The maximum Gasteiger partial charge on any atom is 0.191 e. The highest BCUT2D eigenvalue weighted by molar-refractivity contribution is 5.99. The maximum absolute atomic E-state index is 13.0. The first-order valence-electron chi connectivity index (χ1n) is 5.66. The van der Waals surface area contributed by atoms with Gasteiger partial charge in [-0.15, -0.1) is 0 Å². The molecule has 0 aliphatic carbocycles. The van der Waals surface area contributed by atoms with Crippen LogP contribution in [0.2, 0.25) is 0 Å². The predicted octanol–water partition coefficient (Wildman–Crippen LogP) is 2.59. The van der Waals surface area contributed by atoms with Gasteiger partial charge < -0.3 is 9.47 Å². The van der Waals surface area contributed by atoms with Crippen molar-refractivity contribution < 1.29 is 23.0 Å². The molecule has 0 bridgehead atoms. The number of methoxy groups -OCH3 is 1. The van der Waals surface area contributed by atoms with E-state index in [0.29, 0.717) is 19.6 Å². The fourth-order valence-corrected chi connectivity index (χ4v) is 1.42. The van der Waals surface area contributed by atoms with Crippen molar-refractivity contribution in [2.75, 3.05) is 20.3 Å². The van der Waals surface area contributed by atoms with Gasteiger partial charge in [0.2, 0.25) is 0 Å². The lowest BCUT2D eigenvalue weighted by Gasteiger charge is -2.12. The van der Waals surface area contributed by atoms with Gasteiger partial charge >= 0.3 is 0 Å². The molecular formula is C13H16F2O3.